The van der Waals surface area contributed by atoms with Crippen molar-refractivity contribution in [3.8, 4) is 0 Å². The third-order valence-corrected chi connectivity index (χ3v) is 4.56. The maximum atomic E-state index is 12.2. The molecule has 1 aliphatic rings. The van der Waals surface area contributed by atoms with E-state index in [9.17, 15) is 9.59 Å². The molecule has 6 nitrogen and oxygen atoms in total. The zero-order chi connectivity index (χ0) is 17.0. The molecule has 0 aliphatic carbocycles. The minimum atomic E-state index is -0.500. The van der Waals surface area contributed by atoms with Crippen molar-refractivity contribution in [2.75, 3.05) is 26.7 Å². The van der Waals surface area contributed by atoms with Gasteiger partial charge in [-0.3, -0.25) is 9.69 Å². The van der Waals surface area contributed by atoms with E-state index in [-0.39, 0.29) is 17.9 Å². The minimum absolute atomic E-state index is 0.0422. The van der Waals surface area contributed by atoms with Crippen LogP contribution in [-0.2, 0) is 4.74 Å². The monoisotopic (exact) mass is 339 g/mol. The van der Waals surface area contributed by atoms with Gasteiger partial charge in [0.25, 0.3) is 0 Å². The number of thiazole rings is 1. The molecule has 7 heteroatoms. The van der Waals surface area contributed by atoms with Crippen LogP contribution in [0.2, 0.25) is 0 Å². The maximum absolute atomic E-state index is 12.2. The molecule has 1 amide bonds. The molecule has 2 heterocycles. The molecule has 0 bridgehead atoms. The molecule has 1 aromatic heterocycles. The van der Waals surface area contributed by atoms with Crippen LogP contribution >= 0.6 is 11.3 Å². The lowest BCUT2D eigenvalue weighted by Crippen LogP contribution is -2.50. The Bertz CT molecular complexity index is 539. The van der Waals surface area contributed by atoms with Crippen molar-refractivity contribution in [2.24, 2.45) is 0 Å². The van der Waals surface area contributed by atoms with Gasteiger partial charge < -0.3 is 9.64 Å². The largest absolute Gasteiger partial charge is 0.444 e. The van der Waals surface area contributed by atoms with Crippen LogP contribution in [0.4, 0.5) is 4.79 Å². The molecule has 1 aliphatic heterocycles. The molecule has 23 heavy (non-hydrogen) atoms. The van der Waals surface area contributed by atoms with Crippen LogP contribution in [0.1, 0.15) is 43.4 Å². The van der Waals surface area contributed by atoms with Gasteiger partial charge in [0.1, 0.15) is 5.60 Å². The molecule has 1 atom stereocenters. The van der Waals surface area contributed by atoms with Gasteiger partial charge in [0.05, 0.1) is 6.54 Å². The predicted molar refractivity (Wildman–Crippen MR) is 89.9 cm³/mol. The van der Waals surface area contributed by atoms with Crippen molar-refractivity contribution in [1.82, 2.24) is 14.8 Å². The van der Waals surface area contributed by atoms with Gasteiger partial charge in [-0.15, -0.1) is 11.3 Å². The Hall–Kier alpha value is -1.47. The summed E-state index contributed by atoms with van der Waals surface area (Å²) in [6, 6.07) is 0.0719. The topological polar surface area (TPSA) is 62.7 Å². The Kier molecular flexibility index (Phi) is 5.75. The number of carbonyl (C=O) groups excluding carboxylic acids is 2. The lowest BCUT2D eigenvalue weighted by atomic mass is 10.0. The summed E-state index contributed by atoms with van der Waals surface area (Å²) in [5.41, 5.74) is -0.500. The number of aromatic nitrogens is 1. The van der Waals surface area contributed by atoms with Gasteiger partial charge in [0.2, 0.25) is 5.78 Å². The fraction of sp³-hybridized carbons (Fsp3) is 0.688. The van der Waals surface area contributed by atoms with E-state index in [0.29, 0.717) is 18.1 Å². The number of likely N-dealkylation sites (N-methyl/N-ethyl adjacent to an activating group) is 1. The molecule has 0 aromatic carbocycles. The van der Waals surface area contributed by atoms with E-state index in [4.69, 9.17) is 4.74 Å². The van der Waals surface area contributed by atoms with E-state index in [1.807, 2.05) is 26.2 Å². The first-order valence-corrected chi connectivity index (χ1v) is 8.75. The summed E-state index contributed by atoms with van der Waals surface area (Å²) in [5.74, 6) is 0.0422. The molecule has 1 saturated heterocycles. The summed E-state index contributed by atoms with van der Waals surface area (Å²) in [4.78, 5) is 32.2. The molecule has 2 rings (SSSR count). The van der Waals surface area contributed by atoms with Crippen LogP contribution < -0.4 is 0 Å². The standard InChI is InChI=1S/C16H25N3O3S/c1-16(2,3)22-15(21)18(4)12-6-5-8-19(10-12)11-13(20)14-17-7-9-23-14/h7,9,12H,5-6,8,10-11H2,1-4H3/t12-/m0/s1. The number of hydrogen-bond donors (Lipinski definition) is 0. The molecular weight excluding hydrogens is 314 g/mol. The summed E-state index contributed by atoms with van der Waals surface area (Å²) in [6.45, 7) is 7.49. The molecular formula is C16H25N3O3S. The van der Waals surface area contributed by atoms with Crippen molar-refractivity contribution in [3.63, 3.8) is 0 Å². The van der Waals surface area contributed by atoms with Crippen molar-refractivity contribution < 1.29 is 14.3 Å². The average molecular weight is 339 g/mol. The zero-order valence-electron chi connectivity index (χ0n) is 14.2. The van der Waals surface area contributed by atoms with Gasteiger partial charge in [-0.2, -0.15) is 0 Å². The Labute approximate surface area is 141 Å². The van der Waals surface area contributed by atoms with E-state index in [0.717, 1.165) is 19.4 Å². The number of Topliss-reactive ketones (excluding diaryl/α,β-unsaturated/α-hetero) is 1. The molecule has 0 saturated carbocycles. The predicted octanol–water partition coefficient (Wildman–Crippen LogP) is 2.66. The number of hydrogen-bond acceptors (Lipinski definition) is 6. The SMILES string of the molecule is CN(C(=O)OC(C)(C)C)[C@H]1CCCN(CC(=O)c2nccs2)C1. The Morgan fingerprint density at radius 1 is 1.48 bits per heavy atom. The first kappa shape index (κ1) is 17.9. The second kappa shape index (κ2) is 7.40. The molecule has 0 N–H and O–H groups in total. The molecule has 0 spiro atoms. The van der Waals surface area contributed by atoms with Crippen LogP contribution in [0.25, 0.3) is 0 Å². The van der Waals surface area contributed by atoms with Crippen molar-refractivity contribution in [1.29, 1.82) is 0 Å². The number of piperidine rings is 1. The van der Waals surface area contributed by atoms with Gasteiger partial charge >= 0.3 is 6.09 Å². The Balaban J connectivity index is 1.90. The summed E-state index contributed by atoms with van der Waals surface area (Å²) < 4.78 is 5.42. The number of amides is 1. The number of likely N-dealkylation sites (tertiary alicyclic amines) is 1. The number of nitrogens with zero attached hydrogens (tertiary/aromatic N) is 3. The Morgan fingerprint density at radius 3 is 2.83 bits per heavy atom. The lowest BCUT2D eigenvalue weighted by molar-refractivity contribution is 0.0139. The highest BCUT2D eigenvalue weighted by Crippen LogP contribution is 2.18. The third-order valence-electron chi connectivity index (χ3n) is 3.75. The van der Waals surface area contributed by atoms with Crippen LogP contribution in [0, 0.1) is 0 Å². The van der Waals surface area contributed by atoms with E-state index >= 15 is 0 Å². The highest BCUT2D eigenvalue weighted by Gasteiger charge is 2.30. The molecule has 1 aromatic rings. The Morgan fingerprint density at radius 2 is 2.22 bits per heavy atom. The minimum Gasteiger partial charge on any atom is -0.444 e. The highest BCUT2D eigenvalue weighted by atomic mass is 32.1. The van der Waals surface area contributed by atoms with Crippen molar-refractivity contribution in [2.45, 2.75) is 45.3 Å². The second-order valence-corrected chi connectivity index (χ2v) is 7.78. The van der Waals surface area contributed by atoms with E-state index < -0.39 is 5.60 Å². The van der Waals surface area contributed by atoms with E-state index in [2.05, 4.69) is 9.88 Å². The number of rotatable bonds is 4. The maximum Gasteiger partial charge on any atom is 0.410 e. The van der Waals surface area contributed by atoms with Crippen molar-refractivity contribution >= 4 is 23.2 Å². The fourth-order valence-corrected chi connectivity index (χ4v) is 3.17. The number of ketones is 1. The van der Waals surface area contributed by atoms with Gasteiger partial charge in [0, 0.05) is 31.2 Å². The average Bonchev–Trinajstić information content (AvgIpc) is 2.99. The summed E-state index contributed by atoms with van der Waals surface area (Å²) in [7, 11) is 1.77. The molecule has 0 radical (unpaired) electrons. The van der Waals surface area contributed by atoms with Crippen molar-refractivity contribution in [3.05, 3.63) is 16.6 Å². The number of ether oxygens (including phenoxy) is 1. The quantitative estimate of drug-likeness (QED) is 0.789. The van der Waals surface area contributed by atoms with Crippen LogP contribution in [-0.4, -0.2) is 65.0 Å². The summed E-state index contributed by atoms with van der Waals surface area (Å²) in [5, 5.41) is 2.36. The first-order valence-electron chi connectivity index (χ1n) is 7.87. The van der Waals surface area contributed by atoms with Gasteiger partial charge in [-0.25, -0.2) is 9.78 Å². The number of carbonyl (C=O) groups is 2. The normalized spacial score (nSPS) is 19.4. The smallest absolute Gasteiger partial charge is 0.410 e. The molecule has 128 valence electrons. The van der Waals surface area contributed by atoms with Crippen LogP contribution in [0.3, 0.4) is 0 Å². The van der Waals surface area contributed by atoms with Crippen LogP contribution in [0.5, 0.6) is 0 Å². The van der Waals surface area contributed by atoms with E-state index in [1.165, 1.54) is 11.3 Å². The fourth-order valence-electron chi connectivity index (χ4n) is 2.61. The third kappa shape index (κ3) is 5.28. The molecule has 0 unspecified atom stereocenters. The van der Waals surface area contributed by atoms with E-state index in [1.54, 1.807) is 18.1 Å². The first-order chi connectivity index (χ1) is 10.8. The van der Waals surface area contributed by atoms with Crippen LogP contribution in [0.15, 0.2) is 11.6 Å². The second-order valence-electron chi connectivity index (χ2n) is 6.88. The summed E-state index contributed by atoms with van der Waals surface area (Å²) >= 11 is 1.37. The molecule has 1 fully saturated rings. The summed E-state index contributed by atoms with van der Waals surface area (Å²) in [6.07, 6.45) is 3.23. The zero-order valence-corrected chi connectivity index (χ0v) is 15.1. The van der Waals surface area contributed by atoms with Gasteiger partial charge in [0.15, 0.2) is 5.01 Å². The highest BCUT2D eigenvalue weighted by molar-refractivity contribution is 7.11. The van der Waals surface area contributed by atoms with Gasteiger partial charge in [-0.05, 0) is 40.2 Å². The van der Waals surface area contributed by atoms with Gasteiger partial charge in [-0.1, -0.05) is 0 Å². The lowest BCUT2D eigenvalue weighted by Gasteiger charge is -2.37.